The molecule has 1 rings (SSSR count). The van der Waals surface area contributed by atoms with E-state index in [0.29, 0.717) is 0 Å². The van der Waals surface area contributed by atoms with Crippen molar-refractivity contribution in [2.45, 2.75) is 4.90 Å². The third kappa shape index (κ3) is 2.10. The zero-order valence-corrected chi connectivity index (χ0v) is 6.85. The Kier molecular flexibility index (Phi) is 2.06. The van der Waals surface area contributed by atoms with Crippen LogP contribution >= 0.6 is 10.7 Å². The lowest BCUT2D eigenvalue weighted by Gasteiger charge is -1.94. The van der Waals surface area contributed by atoms with Crippen molar-refractivity contribution >= 4 is 19.7 Å². The van der Waals surface area contributed by atoms with Gasteiger partial charge in [0.15, 0.2) is 0 Å². The van der Waals surface area contributed by atoms with Gasteiger partial charge in [-0.2, -0.15) is 0 Å². The first-order valence-electron chi connectivity index (χ1n) is 2.65. The summed E-state index contributed by atoms with van der Waals surface area (Å²) in [6, 6.07) is 5.94. The SMILES string of the molecule is O=S(=O)(Cl)c1cc[c]c(O)c1. The second-order valence-electron chi connectivity index (χ2n) is 1.85. The van der Waals surface area contributed by atoms with Gasteiger partial charge in [0.05, 0.1) is 4.90 Å². The maximum atomic E-state index is 10.6. The Hall–Kier alpha value is -0.740. The van der Waals surface area contributed by atoms with Gasteiger partial charge >= 0.3 is 0 Å². The van der Waals surface area contributed by atoms with Crippen LogP contribution in [-0.4, -0.2) is 13.5 Å². The molecular formula is C6H4ClO3S. The number of hydrogen-bond donors (Lipinski definition) is 1. The van der Waals surface area contributed by atoms with Crippen molar-refractivity contribution in [3.05, 3.63) is 24.3 Å². The molecule has 0 aromatic heterocycles. The van der Waals surface area contributed by atoms with Gasteiger partial charge in [-0.05, 0) is 12.1 Å². The number of benzene rings is 1. The van der Waals surface area contributed by atoms with E-state index in [1.165, 1.54) is 12.1 Å². The molecule has 0 amide bonds. The zero-order chi connectivity index (χ0) is 8.48. The van der Waals surface area contributed by atoms with Crippen LogP contribution in [0.1, 0.15) is 0 Å². The van der Waals surface area contributed by atoms with E-state index in [1.54, 1.807) is 0 Å². The van der Waals surface area contributed by atoms with Crippen molar-refractivity contribution < 1.29 is 13.5 Å². The van der Waals surface area contributed by atoms with E-state index < -0.39 is 9.05 Å². The fourth-order valence-corrected chi connectivity index (χ4v) is 1.36. The predicted octanol–water partition coefficient (Wildman–Crippen LogP) is 1.12. The zero-order valence-electron chi connectivity index (χ0n) is 5.28. The van der Waals surface area contributed by atoms with Gasteiger partial charge in [0.2, 0.25) is 0 Å². The molecule has 0 bridgehead atoms. The second kappa shape index (κ2) is 2.71. The third-order valence-corrected chi connectivity index (χ3v) is 2.39. The molecular weight excluding hydrogens is 188 g/mol. The first-order valence-corrected chi connectivity index (χ1v) is 4.96. The average molecular weight is 192 g/mol. The van der Waals surface area contributed by atoms with Gasteiger partial charge in [0.1, 0.15) is 5.75 Å². The van der Waals surface area contributed by atoms with Gasteiger partial charge in [0, 0.05) is 22.8 Å². The molecule has 5 heteroatoms. The first-order chi connectivity index (χ1) is 5.00. The maximum absolute atomic E-state index is 10.6. The van der Waals surface area contributed by atoms with Crippen molar-refractivity contribution in [3.63, 3.8) is 0 Å². The minimum atomic E-state index is -3.73. The van der Waals surface area contributed by atoms with Crippen LogP contribution in [0.15, 0.2) is 23.1 Å². The van der Waals surface area contributed by atoms with Gasteiger partial charge < -0.3 is 5.11 Å². The smallest absolute Gasteiger partial charge is 0.261 e. The van der Waals surface area contributed by atoms with Gasteiger partial charge in [-0.1, -0.05) is 0 Å². The molecule has 3 nitrogen and oxygen atoms in total. The fraction of sp³-hybridized carbons (Fsp3) is 0. The van der Waals surface area contributed by atoms with Crippen LogP contribution in [0, 0.1) is 6.07 Å². The van der Waals surface area contributed by atoms with Crippen molar-refractivity contribution in [1.82, 2.24) is 0 Å². The van der Waals surface area contributed by atoms with Crippen LogP contribution < -0.4 is 0 Å². The maximum Gasteiger partial charge on any atom is 0.261 e. The van der Waals surface area contributed by atoms with E-state index in [4.69, 9.17) is 15.8 Å². The normalized spacial score (nSPS) is 11.4. The average Bonchev–Trinajstić information content (AvgIpc) is 1.86. The largest absolute Gasteiger partial charge is 0.507 e. The van der Waals surface area contributed by atoms with Crippen LogP contribution in [0.4, 0.5) is 0 Å². The highest BCUT2D eigenvalue weighted by atomic mass is 35.7. The molecule has 0 aliphatic rings. The lowest BCUT2D eigenvalue weighted by atomic mass is 10.3. The Morgan fingerprint density at radius 3 is 2.55 bits per heavy atom. The van der Waals surface area contributed by atoms with Gasteiger partial charge in [-0.15, -0.1) is 0 Å². The molecule has 59 valence electrons. The number of halogens is 1. The molecule has 0 saturated heterocycles. The Morgan fingerprint density at radius 2 is 2.18 bits per heavy atom. The topological polar surface area (TPSA) is 54.4 Å². The minimum absolute atomic E-state index is 0.129. The highest BCUT2D eigenvalue weighted by Crippen LogP contribution is 2.18. The first kappa shape index (κ1) is 8.36. The number of aromatic hydroxyl groups is 1. The second-order valence-corrected chi connectivity index (χ2v) is 4.41. The monoisotopic (exact) mass is 191 g/mol. The molecule has 0 spiro atoms. The van der Waals surface area contributed by atoms with E-state index in [1.807, 2.05) is 0 Å². The number of phenolic OH excluding ortho intramolecular Hbond substituents is 1. The van der Waals surface area contributed by atoms with Gasteiger partial charge in [-0.3, -0.25) is 0 Å². The Bertz CT molecular complexity index is 358. The minimum Gasteiger partial charge on any atom is -0.507 e. The Labute approximate surface area is 68.7 Å². The number of rotatable bonds is 1. The third-order valence-electron chi connectivity index (χ3n) is 1.04. The lowest BCUT2D eigenvalue weighted by Crippen LogP contribution is -1.88. The molecule has 0 unspecified atom stereocenters. The molecule has 0 heterocycles. The van der Waals surface area contributed by atoms with Crippen LogP contribution in [0.3, 0.4) is 0 Å². The van der Waals surface area contributed by atoms with E-state index in [9.17, 15) is 8.42 Å². The van der Waals surface area contributed by atoms with Crippen molar-refractivity contribution in [2.75, 3.05) is 0 Å². The van der Waals surface area contributed by atoms with Gasteiger partial charge in [0.25, 0.3) is 9.05 Å². The van der Waals surface area contributed by atoms with Crippen LogP contribution in [0.25, 0.3) is 0 Å². The molecule has 11 heavy (non-hydrogen) atoms. The highest BCUT2D eigenvalue weighted by molar-refractivity contribution is 8.13. The van der Waals surface area contributed by atoms with Crippen LogP contribution in [-0.2, 0) is 9.05 Å². The summed E-state index contributed by atoms with van der Waals surface area (Å²) in [4.78, 5) is -0.129. The van der Waals surface area contributed by atoms with Crippen molar-refractivity contribution in [1.29, 1.82) is 0 Å². The summed E-state index contributed by atoms with van der Waals surface area (Å²) in [7, 11) is 1.24. The summed E-state index contributed by atoms with van der Waals surface area (Å²) < 4.78 is 21.3. The molecule has 0 aliphatic carbocycles. The molecule has 1 aromatic rings. The molecule has 0 fully saturated rings. The van der Waals surface area contributed by atoms with Crippen molar-refractivity contribution in [3.8, 4) is 5.75 Å². The fourth-order valence-electron chi connectivity index (χ4n) is 0.585. The van der Waals surface area contributed by atoms with Crippen molar-refractivity contribution in [2.24, 2.45) is 0 Å². The lowest BCUT2D eigenvalue weighted by molar-refractivity contribution is 0.472. The quantitative estimate of drug-likeness (QED) is 0.677. The summed E-state index contributed by atoms with van der Waals surface area (Å²) >= 11 is 0. The predicted molar refractivity (Wildman–Crippen MR) is 40.0 cm³/mol. The highest BCUT2D eigenvalue weighted by Gasteiger charge is 2.09. The molecule has 1 N–H and O–H groups in total. The molecule has 0 aliphatic heterocycles. The van der Waals surface area contributed by atoms with Crippen LogP contribution in [0.5, 0.6) is 5.75 Å². The summed E-state index contributed by atoms with van der Waals surface area (Å²) in [6.07, 6.45) is 0. The molecule has 1 radical (unpaired) electrons. The van der Waals surface area contributed by atoms with E-state index in [0.717, 1.165) is 6.07 Å². The molecule has 0 saturated carbocycles. The molecule has 1 aromatic carbocycles. The Balaban J connectivity index is 3.28. The number of phenols is 1. The summed E-state index contributed by atoms with van der Waals surface area (Å²) in [5.74, 6) is -0.244. The van der Waals surface area contributed by atoms with Crippen LogP contribution in [0.2, 0.25) is 0 Å². The van der Waals surface area contributed by atoms with E-state index in [-0.39, 0.29) is 10.6 Å². The van der Waals surface area contributed by atoms with E-state index >= 15 is 0 Å². The van der Waals surface area contributed by atoms with E-state index in [2.05, 4.69) is 6.07 Å². The summed E-state index contributed by atoms with van der Waals surface area (Å²) in [5.41, 5.74) is 0. The molecule has 0 atom stereocenters. The standard InChI is InChI=1S/C6H4ClO3S/c7-11(9,10)6-3-1-2-5(8)4-6/h1,3-4,8H. The Morgan fingerprint density at radius 1 is 1.55 bits per heavy atom. The summed E-state index contributed by atoms with van der Waals surface area (Å²) in [6.45, 7) is 0. The summed E-state index contributed by atoms with van der Waals surface area (Å²) in [5, 5.41) is 8.80. The number of hydrogen-bond acceptors (Lipinski definition) is 3. The van der Waals surface area contributed by atoms with Gasteiger partial charge in [-0.25, -0.2) is 8.42 Å².